The SMILES string of the molecule is Cl.O=C1OC[C@H]2CN(C(=O)c3cc(-c4ccccc4)n[nH]3)C[C@@H]12. The van der Waals surface area contributed by atoms with Crippen molar-refractivity contribution in [2.24, 2.45) is 11.8 Å². The molecule has 1 aromatic carbocycles. The summed E-state index contributed by atoms with van der Waals surface area (Å²) in [5, 5.41) is 7.00. The Bertz CT molecular complexity index is 731. The van der Waals surface area contributed by atoms with Gasteiger partial charge >= 0.3 is 5.97 Å². The van der Waals surface area contributed by atoms with Gasteiger partial charge in [-0.25, -0.2) is 0 Å². The van der Waals surface area contributed by atoms with Gasteiger partial charge in [0, 0.05) is 24.6 Å². The highest BCUT2D eigenvalue weighted by atomic mass is 35.5. The van der Waals surface area contributed by atoms with Crippen molar-refractivity contribution in [2.75, 3.05) is 19.7 Å². The van der Waals surface area contributed by atoms with Crippen LogP contribution in [-0.2, 0) is 9.53 Å². The summed E-state index contributed by atoms with van der Waals surface area (Å²) in [5.41, 5.74) is 2.15. The smallest absolute Gasteiger partial charge is 0.311 e. The standard InChI is InChI=1S/C16H15N3O3.ClH/c20-15(19-7-11-9-22-16(21)12(11)8-19)14-6-13(17-18-14)10-4-2-1-3-5-10;/h1-6,11-12H,7-9H2,(H,17,18);1H/t11-,12-;/m1./s1. The molecule has 120 valence electrons. The molecule has 0 spiro atoms. The molecule has 23 heavy (non-hydrogen) atoms. The molecule has 1 amide bonds. The highest BCUT2D eigenvalue weighted by Gasteiger charge is 2.45. The third kappa shape index (κ3) is 2.70. The second-order valence-corrected chi connectivity index (χ2v) is 5.74. The number of likely N-dealkylation sites (tertiary alicyclic amines) is 1. The first-order chi connectivity index (χ1) is 10.7. The number of rotatable bonds is 2. The molecule has 6 nitrogen and oxygen atoms in total. The monoisotopic (exact) mass is 333 g/mol. The number of nitrogens with zero attached hydrogens (tertiary/aromatic N) is 2. The fourth-order valence-electron chi connectivity index (χ4n) is 3.13. The number of aromatic nitrogens is 2. The summed E-state index contributed by atoms with van der Waals surface area (Å²) in [7, 11) is 0. The van der Waals surface area contributed by atoms with Crippen LogP contribution < -0.4 is 0 Å². The lowest BCUT2D eigenvalue weighted by molar-refractivity contribution is -0.141. The average molecular weight is 334 g/mol. The van der Waals surface area contributed by atoms with Crippen LogP contribution in [0.4, 0.5) is 0 Å². The van der Waals surface area contributed by atoms with Crippen molar-refractivity contribution in [3.63, 3.8) is 0 Å². The van der Waals surface area contributed by atoms with E-state index in [1.54, 1.807) is 11.0 Å². The number of cyclic esters (lactones) is 1. The highest BCUT2D eigenvalue weighted by molar-refractivity contribution is 5.94. The van der Waals surface area contributed by atoms with Gasteiger partial charge in [-0.05, 0) is 6.07 Å². The number of nitrogens with one attached hydrogen (secondary N) is 1. The van der Waals surface area contributed by atoms with Crippen molar-refractivity contribution in [2.45, 2.75) is 0 Å². The number of H-pyrrole nitrogens is 1. The number of carbonyl (C=O) groups is 2. The number of aromatic amines is 1. The predicted octanol–water partition coefficient (Wildman–Crippen LogP) is 1.74. The van der Waals surface area contributed by atoms with E-state index >= 15 is 0 Å². The Kier molecular flexibility index (Phi) is 4.09. The largest absolute Gasteiger partial charge is 0.465 e. The Morgan fingerprint density at radius 3 is 2.78 bits per heavy atom. The lowest BCUT2D eigenvalue weighted by Gasteiger charge is -2.15. The third-order valence-corrected chi connectivity index (χ3v) is 4.35. The van der Waals surface area contributed by atoms with Crippen molar-refractivity contribution in [1.29, 1.82) is 0 Å². The van der Waals surface area contributed by atoms with Gasteiger partial charge < -0.3 is 9.64 Å². The molecule has 0 bridgehead atoms. The van der Waals surface area contributed by atoms with E-state index in [-0.39, 0.29) is 36.1 Å². The van der Waals surface area contributed by atoms with Crippen molar-refractivity contribution in [3.8, 4) is 11.3 Å². The molecular weight excluding hydrogens is 318 g/mol. The molecule has 2 aliphatic rings. The van der Waals surface area contributed by atoms with Gasteiger partial charge in [0.15, 0.2) is 0 Å². The minimum absolute atomic E-state index is 0. The molecule has 2 saturated heterocycles. The summed E-state index contributed by atoms with van der Waals surface area (Å²) in [4.78, 5) is 25.8. The van der Waals surface area contributed by atoms with Crippen LogP contribution in [0.25, 0.3) is 11.3 Å². The topological polar surface area (TPSA) is 75.3 Å². The molecule has 3 heterocycles. The van der Waals surface area contributed by atoms with E-state index in [9.17, 15) is 9.59 Å². The molecule has 0 radical (unpaired) electrons. The number of ether oxygens (including phenoxy) is 1. The molecule has 0 aliphatic carbocycles. The number of benzene rings is 1. The first-order valence-electron chi connectivity index (χ1n) is 7.29. The maximum atomic E-state index is 12.5. The van der Waals surface area contributed by atoms with Gasteiger partial charge in [0.25, 0.3) is 5.91 Å². The quantitative estimate of drug-likeness (QED) is 0.849. The number of carbonyl (C=O) groups excluding carboxylic acids is 2. The lowest BCUT2D eigenvalue weighted by atomic mass is 10.0. The number of fused-ring (bicyclic) bond motifs is 1. The van der Waals surface area contributed by atoms with Crippen molar-refractivity contribution in [1.82, 2.24) is 15.1 Å². The number of hydrogen-bond donors (Lipinski definition) is 1. The summed E-state index contributed by atoms with van der Waals surface area (Å²) >= 11 is 0. The number of amides is 1. The second kappa shape index (κ2) is 6.04. The third-order valence-electron chi connectivity index (χ3n) is 4.35. The highest BCUT2D eigenvalue weighted by Crippen LogP contribution is 2.31. The molecule has 4 rings (SSSR count). The van der Waals surface area contributed by atoms with Gasteiger partial charge in [-0.2, -0.15) is 5.10 Å². The van der Waals surface area contributed by atoms with Crippen molar-refractivity contribution >= 4 is 24.3 Å². The molecule has 2 aromatic rings. The van der Waals surface area contributed by atoms with Crippen LogP contribution in [0.3, 0.4) is 0 Å². The Hall–Kier alpha value is -2.34. The first-order valence-corrected chi connectivity index (χ1v) is 7.29. The lowest BCUT2D eigenvalue weighted by Crippen LogP contribution is -2.31. The Labute approximate surface area is 139 Å². The Morgan fingerprint density at radius 1 is 1.26 bits per heavy atom. The maximum absolute atomic E-state index is 12.5. The van der Waals surface area contributed by atoms with Crippen LogP contribution in [-0.4, -0.2) is 46.7 Å². The molecule has 1 aromatic heterocycles. The Morgan fingerprint density at radius 2 is 2.04 bits per heavy atom. The van der Waals surface area contributed by atoms with Crippen LogP contribution in [0, 0.1) is 11.8 Å². The zero-order valence-corrected chi connectivity index (χ0v) is 13.1. The van der Waals surface area contributed by atoms with E-state index in [4.69, 9.17) is 4.74 Å². The number of halogens is 1. The molecule has 1 N–H and O–H groups in total. The first kappa shape index (κ1) is 15.6. The maximum Gasteiger partial charge on any atom is 0.311 e. The molecule has 7 heteroatoms. The average Bonchev–Trinajstić information content (AvgIpc) is 3.25. The number of esters is 1. The van der Waals surface area contributed by atoms with Crippen molar-refractivity contribution in [3.05, 3.63) is 42.1 Å². The van der Waals surface area contributed by atoms with Crippen LogP contribution in [0.2, 0.25) is 0 Å². The van der Waals surface area contributed by atoms with Gasteiger partial charge in [-0.3, -0.25) is 14.7 Å². The van der Waals surface area contributed by atoms with E-state index in [2.05, 4.69) is 10.2 Å². The van der Waals surface area contributed by atoms with Crippen molar-refractivity contribution < 1.29 is 14.3 Å². The van der Waals surface area contributed by atoms with E-state index in [0.29, 0.717) is 25.4 Å². The molecule has 0 saturated carbocycles. The molecule has 0 unspecified atom stereocenters. The predicted molar refractivity (Wildman–Crippen MR) is 85.1 cm³/mol. The summed E-state index contributed by atoms with van der Waals surface area (Å²) in [6, 6.07) is 11.4. The summed E-state index contributed by atoms with van der Waals surface area (Å²) in [5.74, 6) is -0.333. The van der Waals surface area contributed by atoms with Crippen LogP contribution >= 0.6 is 12.4 Å². The minimum atomic E-state index is -0.185. The Balaban J connectivity index is 0.00000156. The number of hydrogen-bond acceptors (Lipinski definition) is 4. The summed E-state index contributed by atoms with van der Waals surface area (Å²) < 4.78 is 5.02. The summed E-state index contributed by atoms with van der Waals surface area (Å²) in [6.45, 7) is 1.42. The molecule has 2 aliphatic heterocycles. The minimum Gasteiger partial charge on any atom is -0.465 e. The van der Waals surface area contributed by atoms with Gasteiger partial charge in [0.05, 0.1) is 18.2 Å². The van der Waals surface area contributed by atoms with Crippen LogP contribution in [0.5, 0.6) is 0 Å². The van der Waals surface area contributed by atoms with Crippen LogP contribution in [0.15, 0.2) is 36.4 Å². The van der Waals surface area contributed by atoms with E-state index in [1.165, 1.54) is 0 Å². The van der Waals surface area contributed by atoms with E-state index < -0.39 is 0 Å². The fourth-order valence-corrected chi connectivity index (χ4v) is 3.13. The molecule has 2 fully saturated rings. The van der Waals surface area contributed by atoms with Gasteiger partial charge in [-0.1, -0.05) is 30.3 Å². The normalized spacial score (nSPS) is 22.4. The second-order valence-electron chi connectivity index (χ2n) is 5.74. The van der Waals surface area contributed by atoms with Crippen LogP contribution in [0.1, 0.15) is 10.5 Å². The van der Waals surface area contributed by atoms with Gasteiger partial charge in [-0.15, -0.1) is 12.4 Å². The van der Waals surface area contributed by atoms with E-state index in [1.807, 2.05) is 30.3 Å². The fraction of sp³-hybridized carbons (Fsp3) is 0.312. The molecule has 2 atom stereocenters. The van der Waals surface area contributed by atoms with Gasteiger partial charge in [0.1, 0.15) is 5.69 Å². The van der Waals surface area contributed by atoms with Gasteiger partial charge in [0.2, 0.25) is 0 Å². The zero-order valence-electron chi connectivity index (χ0n) is 12.3. The molecular formula is C16H16ClN3O3. The zero-order chi connectivity index (χ0) is 15.1. The summed E-state index contributed by atoms with van der Waals surface area (Å²) in [6.07, 6.45) is 0. The van der Waals surface area contributed by atoms with E-state index in [0.717, 1.165) is 11.3 Å².